The molecule has 7 heteroatoms. The zero-order valence-electron chi connectivity index (χ0n) is 18.5. The molecule has 0 aromatic heterocycles. The molecule has 2 heterocycles. The molecule has 1 spiro atoms. The van der Waals surface area contributed by atoms with Crippen LogP contribution in [-0.4, -0.2) is 27.3 Å². The molecule has 0 bridgehead atoms. The lowest BCUT2D eigenvalue weighted by atomic mass is 9.76. The molecule has 174 valence electrons. The van der Waals surface area contributed by atoms with Gasteiger partial charge in [-0.3, -0.25) is 0 Å². The van der Waals surface area contributed by atoms with Gasteiger partial charge in [0.2, 0.25) is 0 Å². The predicted octanol–water partition coefficient (Wildman–Crippen LogP) is 5.67. The molecule has 0 atom stereocenters. The van der Waals surface area contributed by atoms with Crippen LogP contribution in [0.3, 0.4) is 0 Å². The maximum absolute atomic E-state index is 13.2. The fraction of sp³-hybridized carbons (Fsp3) is 0.0345. The van der Waals surface area contributed by atoms with Gasteiger partial charge in [-0.2, -0.15) is 0 Å². The molecular weight excluding hydrogens is 460 g/mol. The zero-order valence-corrected chi connectivity index (χ0v) is 18.5. The number of carbonyl (C=O) groups excluding carboxylic acids is 1. The maximum atomic E-state index is 13.2. The van der Waals surface area contributed by atoms with E-state index in [0.717, 1.165) is 10.8 Å². The van der Waals surface area contributed by atoms with Crippen LogP contribution in [0.5, 0.6) is 23.0 Å². The van der Waals surface area contributed by atoms with E-state index in [1.54, 1.807) is 54.6 Å². The van der Waals surface area contributed by atoms with Crippen molar-refractivity contribution in [1.82, 2.24) is 0 Å². The lowest BCUT2D eigenvalue weighted by Crippen LogP contribution is -2.33. The summed E-state index contributed by atoms with van der Waals surface area (Å²) in [5.74, 6) is -0.646. The van der Waals surface area contributed by atoms with E-state index < -0.39 is 17.5 Å². The molecule has 5 aromatic rings. The third kappa shape index (κ3) is 2.51. The van der Waals surface area contributed by atoms with Crippen molar-refractivity contribution in [3.63, 3.8) is 0 Å². The van der Waals surface area contributed by atoms with Crippen molar-refractivity contribution >= 4 is 33.5 Å². The summed E-state index contributed by atoms with van der Waals surface area (Å²) in [5, 5.41) is 32.4. The van der Waals surface area contributed by atoms with E-state index in [1.165, 1.54) is 12.1 Å². The number of benzene rings is 5. The number of phenolic OH excluding ortho intramolecular Hbond substituents is 2. The topological polar surface area (TPSA) is 113 Å². The first-order valence-electron chi connectivity index (χ1n) is 11.2. The van der Waals surface area contributed by atoms with Crippen LogP contribution in [-0.2, 0) is 10.3 Å². The standard InChI is InChI=1S/C29H16O7/c30-17-4-6-19-14(11-17)1-9-23-25(19)35-26-20-7-5-18(31)12-15(20)2-10-24(26)29(23)22-8-3-16(27(32)33)13-21(22)28(34)36-29/h1-13,30-31H,(H,32,33). The average molecular weight is 476 g/mol. The number of fused-ring (bicyclic) bond motifs is 10. The molecule has 7 rings (SSSR count). The van der Waals surface area contributed by atoms with Gasteiger partial charge in [-0.05, 0) is 71.4 Å². The summed E-state index contributed by atoms with van der Waals surface area (Å²) in [5.41, 5.74) is 0.455. The fourth-order valence-corrected chi connectivity index (χ4v) is 5.40. The number of hydrogen-bond acceptors (Lipinski definition) is 6. The maximum Gasteiger partial charge on any atom is 0.340 e. The second-order valence-corrected chi connectivity index (χ2v) is 8.93. The minimum atomic E-state index is -1.38. The van der Waals surface area contributed by atoms with E-state index in [9.17, 15) is 24.9 Å². The highest BCUT2D eigenvalue weighted by Crippen LogP contribution is 2.59. The number of aromatic carboxylic acids is 1. The van der Waals surface area contributed by atoms with Crippen LogP contribution >= 0.6 is 0 Å². The number of rotatable bonds is 1. The monoisotopic (exact) mass is 476 g/mol. The SMILES string of the molecule is O=C(O)c1ccc2c(c1)C(=O)OC21c2ccc3cc(O)ccc3c2Oc2c1ccc1cc(O)ccc21. The van der Waals surface area contributed by atoms with Gasteiger partial charge < -0.3 is 24.8 Å². The van der Waals surface area contributed by atoms with Gasteiger partial charge in [0.15, 0.2) is 5.60 Å². The summed E-state index contributed by atoms with van der Waals surface area (Å²) in [7, 11) is 0. The highest BCUT2D eigenvalue weighted by atomic mass is 16.6. The quantitative estimate of drug-likeness (QED) is 0.267. The van der Waals surface area contributed by atoms with Crippen LogP contribution in [0.4, 0.5) is 0 Å². The molecule has 5 aromatic carbocycles. The Morgan fingerprint density at radius 2 is 1.25 bits per heavy atom. The number of ether oxygens (including phenoxy) is 2. The van der Waals surface area contributed by atoms with E-state index in [0.29, 0.717) is 39.0 Å². The summed E-state index contributed by atoms with van der Waals surface area (Å²) in [6.07, 6.45) is 0. The Bertz CT molecular complexity index is 1730. The van der Waals surface area contributed by atoms with Crippen LogP contribution < -0.4 is 4.74 Å². The molecule has 7 nitrogen and oxygen atoms in total. The first kappa shape index (κ1) is 20.3. The number of aromatic hydroxyl groups is 2. The van der Waals surface area contributed by atoms with Crippen molar-refractivity contribution in [2.75, 3.05) is 0 Å². The molecule has 0 amide bonds. The Morgan fingerprint density at radius 1 is 0.694 bits per heavy atom. The average Bonchev–Trinajstić information content (AvgIpc) is 3.15. The van der Waals surface area contributed by atoms with E-state index in [1.807, 2.05) is 12.1 Å². The molecule has 0 saturated heterocycles. The number of phenols is 2. The minimum absolute atomic E-state index is 0.0155. The van der Waals surface area contributed by atoms with Gasteiger partial charge in [-0.15, -0.1) is 0 Å². The third-order valence-corrected chi connectivity index (χ3v) is 6.98. The molecule has 3 N–H and O–H groups in total. The summed E-state index contributed by atoms with van der Waals surface area (Å²) in [4.78, 5) is 24.8. The van der Waals surface area contributed by atoms with Crippen LogP contribution in [0.1, 0.15) is 37.4 Å². The van der Waals surface area contributed by atoms with E-state index in [2.05, 4.69) is 0 Å². The Morgan fingerprint density at radius 3 is 1.81 bits per heavy atom. The molecule has 2 aliphatic rings. The molecule has 0 radical (unpaired) electrons. The first-order valence-corrected chi connectivity index (χ1v) is 11.2. The second kappa shape index (κ2) is 6.76. The second-order valence-electron chi connectivity index (χ2n) is 8.93. The van der Waals surface area contributed by atoms with Crippen molar-refractivity contribution in [1.29, 1.82) is 0 Å². The summed E-state index contributed by atoms with van der Waals surface area (Å²) in [6.45, 7) is 0. The van der Waals surface area contributed by atoms with Crippen LogP contribution in [0, 0.1) is 0 Å². The predicted molar refractivity (Wildman–Crippen MR) is 130 cm³/mol. The Labute approximate surface area is 203 Å². The molecule has 0 fully saturated rings. The van der Waals surface area contributed by atoms with Crippen LogP contribution in [0.25, 0.3) is 21.5 Å². The molecular formula is C29H16O7. The summed E-state index contributed by atoms with van der Waals surface area (Å²) >= 11 is 0. The fourth-order valence-electron chi connectivity index (χ4n) is 5.40. The van der Waals surface area contributed by atoms with Crippen molar-refractivity contribution in [2.45, 2.75) is 5.60 Å². The van der Waals surface area contributed by atoms with E-state index >= 15 is 0 Å². The molecule has 2 aliphatic heterocycles. The molecule has 0 saturated carbocycles. The van der Waals surface area contributed by atoms with Gasteiger partial charge >= 0.3 is 11.9 Å². The summed E-state index contributed by atoms with van der Waals surface area (Å²) in [6, 6.07) is 21.5. The van der Waals surface area contributed by atoms with Crippen LogP contribution in [0.15, 0.2) is 78.9 Å². The van der Waals surface area contributed by atoms with Gasteiger partial charge in [-0.1, -0.05) is 18.2 Å². The largest absolute Gasteiger partial charge is 0.508 e. The van der Waals surface area contributed by atoms with Gasteiger partial charge in [0, 0.05) is 27.5 Å². The number of esters is 1. The Balaban J connectivity index is 1.63. The number of hydrogen-bond donors (Lipinski definition) is 3. The van der Waals surface area contributed by atoms with Crippen molar-refractivity contribution in [2.24, 2.45) is 0 Å². The van der Waals surface area contributed by atoms with Gasteiger partial charge in [0.05, 0.1) is 11.1 Å². The zero-order chi connectivity index (χ0) is 24.8. The Kier molecular flexibility index (Phi) is 3.82. The van der Waals surface area contributed by atoms with Crippen molar-refractivity contribution in [3.05, 3.63) is 107 Å². The van der Waals surface area contributed by atoms with Gasteiger partial charge in [-0.25, -0.2) is 9.59 Å². The van der Waals surface area contributed by atoms with E-state index in [-0.39, 0.29) is 22.6 Å². The minimum Gasteiger partial charge on any atom is -0.508 e. The molecule has 0 unspecified atom stereocenters. The lowest BCUT2D eigenvalue weighted by Gasteiger charge is -2.37. The molecule has 0 aliphatic carbocycles. The van der Waals surface area contributed by atoms with Crippen molar-refractivity contribution in [3.8, 4) is 23.0 Å². The highest BCUT2D eigenvalue weighted by molar-refractivity contribution is 6.03. The first-order chi connectivity index (χ1) is 17.4. The van der Waals surface area contributed by atoms with Crippen LogP contribution in [0.2, 0.25) is 0 Å². The Hall–Kier alpha value is -5.04. The van der Waals surface area contributed by atoms with Crippen molar-refractivity contribution < 1.29 is 34.4 Å². The van der Waals surface area contributed by atoms with Gasteiger partial charge in [0.1, 0.15) is 23.0 Å². The number of carboxylic acid groups (broad SMARTS) is 1. The molecule has 36 heavy (non-hydrogen) atoms. The normalized spacial score (nSPS) is 14.7. The number of carboxylic acids is 1. The number of carbonyl (C=O) groups is 2. The summed E-state index contributed by atoms with van der Waals surface area (Å²) < 4.78 is 12.7. The van der Waals surface area contributed by atoms with Gasteiger partial charge in [0.25, 0.3) is 0 Å². The van der Waals surface area contributed by atoms with E-state index in [4.69, 9.17) is 9.47 Å². The lowest BCUT2D eigenvalue weighted by molar-refractivity contribution is 0.0226. The highest BCUT2D eigenvalue weighted by Gasteiger charge is 2.54. The smallest absolute Gasteiger partial charge is 0.340 e. The third-order valence-electron chi connectivity index (χ3n) is 6.98.